The second-order valence-corrected chi connectivity index (χ2v) is 21.1. The highest BCUT2D eigenvalue weighted by molar-refractivity contribution is 7.92. The number of sulfone groups is 1. The lowest BCUT2D eigenvalue weighted by atomic mass is 9.83. The maximum absolute atomic E-state index is 13.7. The van der Waals surface area contributed by atoms with Crippen LogP contribution < -0.4 is 31.9 Å². The second kappa shape index (κ2) is 20.8. The molecule has 0 spiro atoms. The molecule has 6 fully saturated rings. The van der Waals surface area contributed by atoms with Crippen LogP contribution in [-0.4, -0.2) is 91.6 Å². The molecule has 6 saturated carbocycles. The van der Waals surface area contributed by atoms with Crippen molar-refractivity contribution in [2.75, 3.05) is 0 Å². The number of urea groups is 2. The third-order valence-corrected chi connectivity index (χ3v) is 17.1. The van der Waals surface area contributed by atoms with Gasteiger partial charge in [-0.3, -0.25) is 0 Å². The summed E-state index contributed by atoms with van der Waals surface area (Å²) in [6, 6.07) is -0.854. The van der Waals surface area contributed by atoms with Crippen molar-refractivity contribution in [3.05, 3.63) is 0 Å². The number of carbonyl (C=O) groups excluding carboxylic acids is 4. The minimum atomic E-state index is -3.34. The van der Waals surface area contributed by atoms with Gasteiger partial charge < -0.3 is 41.4 Å². The molecule has 0 aromatic rings. The Morgan fingerprint density at radius 3 is 1.26 bits per heavy atom. The van der Waals surface area contributed by atoms with Gasteiger partial charge in [0.2, 0.25) is 0 Å². The van der Waals surface area contributed by atoms with Gasteiger partial charge in [0.05, 0.1) is 10.5 Å². The Hall–Kier alpha value is -2.97. The Balaban J connectivity index is 0.856. The van der Waals surface area contributed by atoms with Crippen LogP contribution in [0, 0.1) is 11.8 Å². The summed E-state index contributed by atoms with van der Waals surface area (Å²) in [7, 11) is -3.34. The van der Waals surface area contributed by atoms with Gasteiger partial charge in [0.15, 0.2) is 9.84 Å². The van der Waals surface area contributed by atoms with E-state index in [0.717, 1.165) is 77.0 Å². The van der Waals surface area contributed by atoms with E-state index in [1.807, 2.05) is 0 Å². The lowest BCUT2D eigenvalue weighted by Crippen LogP contribution is -2.54. The molecule has 6 N–H and O–H groups in total. The molecule has 15 heteroatoms. The number of hydrogen-bond acceptors (Lipinski definition) is 8. The van der Waals surface area contributed by atoms with E-state index in [1.165, 1.54) is 12.8 Å². The van der Waals surface area contributed by atoms with Crippen LogP contribution >= 0.6 is 0 Å². The topological polar surface area (TPSA) is 193 Å². The third-order valence-electron chi connectivity index (χ3n) is 14.3. The van der Waals surface area contributed by atoms with E-state index in [4.69, 9.17) is 9.47 Å². The lowest BCUT2D eigenvalue weighted by Gasteiger charge is -2.37. The number of amides is 6. The molecule has 0 heterocycles. The molecular weight excluding hydrogens is 749 g/mol. The first-order valence-electron chi connectivity index (χ1n) is 22.7. The Morgan fingerprint density at radius 1 is 0.421 bits per heavy atom. The summed E-state index contributed by atoms with van der Waals surface area (Å²) in [5.74, 6) is 0.579. The summed E-state index contributed by atoms with van der Waals surface area (Å²) in [5.41, 5.74) is 0. The zero-order valence-electron chi connectivity index (χ0n) is 34.6. The molecule has 6 aliphatic rings. The molecule has 0 aliphatic heterocycles. The number of carbonyl (C=O) groups is 4. The summed E-state index contributed by atoms with van der Waals surface area (Å²) < 4.78 is 38.8. The summed E-state index contributed by atoms with van der Waals surface area (Å²) in [6.45, 7) is 4.25. The largest absolute Gasteiger partial charge is 0.446 e. The van der Waals surface area contributed by atoms with Crippen LogP contribution in [0.15, 0.2) is 0 Å². The molecule has 6 amide bonds. The van der Waals surface area contributed by atoms with Crippen LogP contribution in [-0.2, 0) is 19.3 Å². The molecule has 6 unspecified atom stereocenters. The summed E-state index contributed by atoms with van der Waals surface area (Å²) in [5, 5.41) is 17.7. The van der Waals surface area contributed by atoms with Gasteiger partial charge in [-0.1, -0.05) is 26.7 Å². The standard InChI is InChI=1S/C42H72N6O8S/c1-27-14-16-32(46-41(51)55-33-9-5-3-6-10-33)26-37(27)47-40(50)44-30-19-23-36(24-20-30)57(53,54)35-21-17-29(18-22-35)43-39(49)45-31-15-13-28(2)38(25-31)48-42(52)56-34-11-7-4-8-12-34/h27-38H,3-26H2,1-2H3,(H,46,51)(H,48,52)(H2,43,45,49)(H2,44,47,50). The quantitative estimate of drug-likeness (QED) is 0.138. The van der Waals surface area contributed by atoms with Gasteiger partial charge in [0.1, 0.15) is 12.2 Å². The zero-order valence-corrected chi connectivity index (χ0v) is 35.4. The van der Waals surface area contributed by atoms with E-state index in [1.54, 1.807) is 0 Å². The molecule has 6 aliphatic carbocycles. The molecule has 6 rings (SSSR count). The Kier molecular flexibility index (Phi) is 15.9. The molecule has 0 saturated heterocycles. The van der Waals surface area contributed by atoms with Crippen molar-refractivity contribution in [3.8, 4) is 0 Å². The molecule has 6 atom stereocenters. The minimum absolute atomic E-state index is 0.000238. The molecule has 0 aromatic carbocycles. The predicted octanol–water partition coefficient (Wildman–Crippen LogP) is 6.85. The van der Waals surface area contributed by atoms with Gasteiger partial charge in [0, 0.05) is 36.3 Å². The van der Waals surface area contributed by atoms with E-state index in [2.05, 4.69) is 45.7 Å². The monoisotopic (exact) mass is 821 g/mol. The zero-order chi connectivity index (χ0) is 40.4. The molecule has 0 radical (unpaired) electrons. The van der Waals surface area contributed by atoms with Crippen molar-refractivity contribution < 1.29 is 37.1 Å². The minimum Gasteiger partial charge on any atom is -0.446 e. The molecule has 0 aromatic heterocycles. The highest BCUT2D eigenvalue weighted by Crippen LogP contribution is 2.34. The van der Waals surface area contributed by atoms with Gasteiger partial charge in [0.25, 0.3) is 0 Å². The maximum atomic E-state index is 13.7. The first kappa shape index (κ1) is 43.6. The van der Waals surface area contributed by atoms with Crippen LogP contribution in [0.3, 0.4) is 0 Å². The first-order valence-corrected chi connectivity index (χ1v) is 24.3. The van der Waals surface area contributed by atoms with Gasteiger partial charge >= 0.3 is 24.2 Å². The van der Waals surface area contributed by atoms with Crippen LogP contribution in [0.2, 0.25) is 0 Å². The van der Waals surface area contributed by atoms with Crippen LogP contribution in [0.1, 0.15) is 168 Å². The second-order valence-electron chi connectivity index (χ2n) is 18.6. The van der Waals surface area contributed by atoms with Crippen molar-refractivity contribution >= 4 is 34.1 Å². The summed E-state index contributed by atoms with van der Waals surface area (Å²) >= 11 is 0. The normalized spacial score (nSPS) is 34.5. The van der Waals surface area contributed by atoms with E-state index >= 15 is 0 Å². The van der Waals surface area contributed by atoms with E-state index in [-0.39, 0.29) is 78.6 Å². The van der Waals surface area contributed by atoms with Gasteiger partial charge in [-0.25, -0.2) is 27.6 Å². The summed E-state index contributed by atoms with van der Waals surface area (Å²) in [6.07, 6.45) is 19.2. The number of alkyl carbamates (subject to hydrolysis) is 2. The fraction of sp³-hybridized carbons (Fsp3) is 0.905. The lowest BCUT2D eigenvalue weighted by molar-refractivity contribution is 0.0680. The number of hydrogen-bond donors (Lipinski definition) is 6. The predicted molar refractivity (Wildman–Crippen MR) is 219 cm³/mol. The van der Waals surface area contributed by atoms with Crippen LogP contribution in [0.25, 0.3) is 0 Å². The highest BCUT2D eigenvalue weighted by atomic mass is 32.2. The van der Waals surface area contributed by atoms with Crippen molar-refractivity contribution in [2.24, 2.45) is 11.8 Å². The highest BCUT2D eigenvalue weighted by Gasteiger charge is 2.40. The van der Waals surface area contributed by atoms with E-state index < -0.39 is 20.3 Å². The first-order chi connectivity index (χ1) is 27.4. The Bertz CT molecular complexity index is 1440. The van der Waals surface area contributed by atoms with Gasteiger partial charge in [-0.2, -0.15) is 0 Å². The van der Waals surface area contributed by atoms with Crippen LogP contribution in [0.5, 0.6) is 0 Å². The van der Waals surface area contributed by atoms with Crippen molar-refractivity contribution in [2.45, 2.75) is 227 Å². The number of rotatable bonds is 10. The number of ether oxygens (including phenoxy) is 2. The fourth-order valence-electron chi connectivity index (χ4n) is 10.5. The Morgan fingerprint density at radius 2 is 0.789 bits per heavy atom. The Labute approximate surface area is 340 Å². The van der Waals surface area contributed by atoms with Gasteiger partial charge in [-0.05, 0) is 153 Å². The molecular formula is C42H72N6O8S. The fourth-order valence-corrected chi connectivity index (χ4v) is 12.9. The van der Waals surface area contributed by atoms with Gasteiger partial charge in [-0.15, -0.1) is 0 Å². The number of nitrogens with one attached hydrogen (secondary N) is 6. The third kappa shape index (κ3) is 13.0. The van der Waals surface area contributed by atoms with Crippen molar-refractivity contribution in [1.29, 1.82) is 0 Å². The van der Waals surface area contributed by atoms with E-state index in [0.29, 0.717) is 70.1 Å². The molecule has 324 valence electrons. The molecule has 0 bridgehead atoms. The molecule has 57 heavy (non-hydrogen) atoms. The van der Waals surface area contributed by atoms with Crippen molar-refractivity contribution in [1.82, 2.24) is 31.9 Å². The van der Waals surface area contributed by atoms with E-state index in [9.17, 15) is 27.6 Å². The maximum Gasteiger partial charge on any atom is 0.407 e. The molecule has 14 nitrogen and oxygen atoms in total. The average molecular weight is 821 g/mol. The summed E-state index contributed by atoms with van der Waals surface area (Å²) in [4.78, 5) is 51.2. The smallest absolute Gasteiger partial charge is 0.407 e. The SMILES string of the molecule is CC1CCC(NC(=O)OC2CCCCC2)CC1NC(=O)NC1CCC(S(=O)(=O)C2CCC(NC(=O)NC3CCC(C)C(NC(=O)OC4CCCCC4)C3)CC2)CC1. The average Bonchev–Trinajstić information content (AvgIpc) is 3.18. The van der Waals surface area contributed by atoms with Crippen LogP contribution in [0.4, 0.5) is 19.2 Å². The van der Waals surface area contributed by atoms with Crippen molar-refractivity contribution in [3.63, 3.8) is 0 Å².